The summed E-state index contributed by atoms with van der Waals surface area (Å²) < 4.78 is -0.0275. The lowest BCUT2D eigenvalue weighted by atomic mass is 9.98. The molecule has 1 aliphatic carbocycles. The van der Waals surface area contributed by atoms with Gasteiger partial charge in [-0.1, -0.05) is 40.8 Å². The van der Waals surface area contributed by atoms with E-state index in [0.717, 1.165) is 6.42 Å². The van der Waals surface area contributed by atoms with Crippen LogP contribution in [-0.4, -0.2) is 14.5 Å². The average molecular weight is 264 g/mol. The first-order valence-corrected chi connectivity index (χ1v) is 4.41. The lowest BCUT2D eigenvalue weighted by Gasteiger charge is -2.19. The first-order chi connectivity index (χ1) is 5.01. The first kappa shape index (κ1) is 8.77. The van der Waals surface area contributed by atoms with E-state index in [1.54, 1.807) is 12.2 Å². The molecule has 1 rings (SSSR count). The number of alkyl halides is 1. The molecule has 1 N–H and O–H groups in total. The van der Waals surface area contributed by atoms with Gasteiger partial charge in [-0.05, 0) is 13.3 Å². The third-order valence-electron chi connectivity index (χ3n) is 1.52. The number of aliphatic carboxylic acids is 1. The quantitative estimate of drug-likeness (QED) is 0.582. The van der Waals surface area contributed by atoms with E-state index in [4.69, 9.17) is 5.11 Å². The van der Waals surface area contributed by atoms with Crippen LogP contribution >= 0.6 is 22.6 Å². The van der Waals surface area contributed by atoms with Crippen molar-refractivity contribution in [1.82, 2.24) is 0 Å². The van der Waals surface area contributed by atoms with E-state index >= 15 is 0 Å². The van der Waals surface area contributed by atoms with Crippen molar-refractivity contribution >= 4 is 28.6 Å². The highest BCUT2D eigenvalue weighted by atomic mass is 127. The van der Waals surface area contributed by atoms with Crippen LogP contribution in [-0.2, 0) is 4.79 Å². The SMILES string of the molecule is CC1(I)C=C(C(=O)O)C=CC1. The van der Waals surface area contributed by atoms with E-state index in [1.807, 2.05) is 13.0 Å². The van der Waals surface area contributed by atoms with Crippen molar-refractivity contribution in [3.63, 3.8) is 0 Å². The summed E-state index contributed by atoms with van der Waals surface area (Å²) >= 11 is 2.25. The normalized spacial score (nSPS) is 29.8. The van der Waals surface area contributed by atoms with E-state index in [-0.39, 0.29) is 3.42 Å². The fourth-order valence-electron chi connectivity index (χ4n) is 0.981. The van der Waals surface area contributed by atoms with Gasteiger partial charge < -0.3 is 5.11 Å². The van der Waals surface area contributed by atoms with Crippen molar-refractivity contribution in [1.29, 1.82) is 0 Å². The second-order valence-corrected chi connectivity index (χ2v) is 5.25. The topological polar surface area (TPSA) is 37.3 Å². The van der Waals surface area contributed by atoms with Gasteiger partial charge in [0, 0.05) is 3.42 Å². The largest absolute Gasteiger partial charge is 0.478 e. The van der Waals surface area contributed by atoms with E-state index in [0.29, 0.717) is 5.57 Å². The van der Waals surface area contributed by atoms with Gasteiger partial charge in [-0.2, -0.15) is 0 Å². The molecule has 11 heavy (non-hydrogen) atoms. The van der Waals surface area contributed by atoms with Crippen LogP contribution in [0.1, 0.15) is 13.3 Å². The summed E-state index contributed by atoms with van der Waals surface area (Å²) in [6.45, 7) is 2.01. The van der Waals surface area contributed by atoms with Gasteiger partial charge in [0.25, 0.3) is 0 Å². The summed E-state index contributed by atoms with van der Waals surface area (Å²) in [5, 5.41) is 8.65. The zero-order valence-electron chi connectivity index (χ0n) is 6.17. The van der Waals surface area contributed by atoms with Gasteiger partial charge in [0.2, 0.25) is 0 Å². The number of hydrogen-bond acceptors (Lipinski definition) is 1. The third-order valence-corrected chi connectivity index (χ3v) is 2.27. The van der Waals surface area contributed by atoms with Gasteiger partial charge in [-0.3, -0.25) is 0 Å². The van der Waals surface area contributed by atoms with E-state index in [9.17, 15) is 4.79 Å². The van der Waals surface area contributed by atoms with Crippen molar-refractivity contribution in [2.24, 2.45) is 0 Å². The Morgan fingerprint density at radius 1 is 1.82 bits per heavy atom. The molecule has 3 heteroatoms. The highest BCUT2D eigenvalue weighted by Gasteiger charge is 2.21. The summed E-state index contributed by atoms with van der Waals surface area (Å²) in [5.74, 6) is -0.844. The molecule has 0 aliphatic heterocycles. The van der Waals surface area contributed by atoms with Crippen LogP contribution in [0.4, 0.5) is 0 Å². The Labute approximate surface area is 79.1 Å². The number of carbonyl (C=O) groups is 1. The van der Waals surface area contributed by atoms with E-state index in [1.165, 1.54) is 0 Å². The molecular formula is C8H9IO2. The van der Waals surface area contributed by atoms with Crippen LogP contribution in [0.2, 0.25) is 0 Å². The molecule has 2 nitrogen and oxygen atoms in total. The van der Waals surface area contributed by atoms with Crippen LogP contribution in [0.3, 0.4) is 0 Å². The molecule has 0 amide bonds. The maximum absolute atomic E-state index is 10.5. The summed E-state index contributed by atoms with van der Waals surface area (Å²) in [5.41, 5.74) is 0.396. The van der Waals surface area contributed by atoms with Gasteiger partial charge in [0.05, 0.1) is 5.57 Å². The molecule has 0 bridgehead atoms. The van der Waals surface area contributed by atoms with Gasteiger partial charge in [-0.25, -0.2) is 4.79 Å². The number of carboxylic acid groups (broad SMARTS) is 1. The minimum atomic E-state index is -0.844. The Hall–Kier alpha value is -0.320. The molecular weight excluding hydrogens is 255 g/mol. The second kappa shape index (κ2) is 2.97. The van der Waals surface area contributed by atoms with Crippen LogP contribution < -0.4 is 0 Å². The lowest BCUT2D eigenvalue weighted by Crippen LogP contribution is -2.16. The zero-order chi connectivity index (χ0) is 8.48. The highest BCUT2D eigenvalue weighted by Crippen LogP contribution is 2.29. The molecule has 0 saturated heterocycles. The van der Waals surface area contributed by atoms with Crippen molar-refractivity contribution in [3.8, 4) is 0 Å². The van der Waals surface area contributed by atoms with Crippen molar-refractivity contribution in [2.75, 3.05) is 0 Å². The number of hydrogen-bond donors (Lipinski definition) is 1. The predicted octanol–water partition coefficient (Wildman–Crippen LogP) is 2.15. The number of carboxylic acids is 1. The zero-order valence-corrected chi connectivity index (χ0v) is 8.33. The van der Waals surface area contributed by atoms with Crippen LogP contribution in [0, 0.1) is 0 Å². The summed E-state index contributed by atoms with van der Waals surface area (Å²) in [7, 11) is 0. The first-order valence-electron chi connectivity index (χ1n) is 3.33. The molecule has 0 aromatic rings. The molecule has 1 aliphatic rings. The van der Waals surface area contributed by atoms with Crippen molar-refractivity contribution in [3.05, 3.63) is 23.8 Å². The Morgan fingerprint density at radius 3 is 2.82 bits per heavy atom. The predicted molar refractivity (Wildman–Crippen MR) is 51.9 cm³/mol. The van der Waals surface area contributed by atoms with Crippen LogP contribution in [0.5, 0.6) is 0 Å². The summed E-state index contributed by atoms with van der Waals surface area (Å²) in [6.07, 6.45) is 6.25. The molecule has 1 unspecified atom stereocenters. The van der Waals surface area contributed by atoms with E-state index < -0.39 is 5.97 Å². The molecule has 1 atom stereocenters. The molecule has 0 saturated carbocycles. The van der Waals surface area contributed by atoms with Crippen LogP contribution in [0.15, 0.2) is 23.8 Å². The Bertz CT molecular complexity index is 238. The number of halogens is 1. The lowest BCUT2D eigenvalue weighted by molar-refractivity contribution is -0.132. The summed E-state index contributed by atoms with van der Waals surface area (Å²) in [6, 6.07) is 0. The van der Waals surface area contributed by atoms with Crippen molar-refractivity contribution < 1.29 is 9.90 Å². The van der Waals surface area contributed by atoms with Gasteiger partial charge >= 0.3 is 5.97 Å². The Balaban J connectivity index is 2.89. The molecule has 60 valence electrons. The monoisotopic (exact) mass is 264 g/mol. The Kier molecular flexibility index (Phi) is 2.37. The average Bonchev–Trinajstić information content (AvgIpc) is 1.85. The smallest absolute Gasteiger partial charge is 0.335 e. The number of allylic oxidation sites excluding steroid dienone is 2. The maximum atomic E-state index is 10.5. The second-order valence-electron chi connectivity index (χ2n) is 2.79. The maximum Gasteiger partial charge on any atom is 0.335 e. The van der Waals surface area contributed by atoms with Gasteiger partial charge in [-0.15, -0.1) is 0 Å². The molecule has 0 heterocycles. The standard InChI is InChI=1S/C8H9IO2/c1-8(9)4-2-3-6(5-8)7(10)11/h2-3,5H,4H2,1H3,(H,10,11). The molecule has 0 fully saturated rings. The fraction of sp³-hybridized carbons (Fsp3) is 0.375. The van der Waals surface area contributed by atoms with E-state index in [2.05, 4.69) is 22.6 Å². The highest BCUT2D eigenvalue weighted by molar-refractivity contribution is 14.1. The molecule has 0 aromatic carbocycles. The molecule has 0 spiro atoms. The molecule has 0 radical (unpaired) electrons. The van der Waals surface area contributed by atoms with Crippen molar-refractivity contribution in [2.45, 2.75) is 16.8 Å². The Morgan fingerprint density at radius 2 is 2.45 bits per heavy atom. The third kappa shape index (κ3) is 2.32. The van der Waals surface area contributed by atoms with Crippen LogP contribution in [0.25, 0.3) is 0 Å². The fourth-order valence-corrected chi connectivity index (χ4v) is 1.57. The van der Waals surface area contributed by atoms with Gasteiger partial charge in [0.1, 0.15) is 0 Å². The summed E-state index contributed by atoms with van der Waals surface area (Å²) in [4.78, 5) is 10.5. The number of rotatable bonds is 1. The minimum absolute atomic E-state index is 0.0275. The van der Waals surface area contributed by atoms with Gasteiger partial charge in [0.15, 0.2) is 0 Å². The minimum Gasteiger partial charge on any atom is -0.478 e. The molecule has 0 aromatic heterocycles.